The Hall–Kier alpha value is -1.23. The van der Waals surface area contributed by atoms with Gasteiger partial charge in [-0.25, -0.2) is 13.1 Å². The summed E-state index contributed by atoms with van der Waals surface area (Å²) in [5.41, 5.74) is 0.224. The quantitative estimate of drug-likeness (QED) is 0.484. The molecule has 1 atom stereocenters. The van der Waals surface area contributed by atoms with E-state index in [4.69, 9.17) is 25.8 Å². The predicted octanol–water partition coefficient (Wildman–Crippen LogP) is 1.58. The summed E-state index contributed by atoms with van der Waals surface area (Å²) in [6.07, 6.45) is 2.23. The van der Waals surface area contributed by atoms with Crippen molar-refractivity contribution in [2.24, 2.45) is 0 Å². The van der Waals surface area contributed by atoms with Gasteiger partial charge >= 0.3 is 0 Å². The van der Waals surface area contributed by atoms with Crippen LogP contribution in [-0.4, -0.2) is 67.1 Å². The molecule has 1 aromatic rings. The number of carbonyl (C=O) groups excluding carboxylic acids is 1. The minimum absolute atomic E-state index is 0.0583. The number of hydrogen-bond donors (Lipinski definition) is 2. The fourth-order valence-corrected chi connectivity index (χ4v) is 4.25. The second-order valence-corrected chi connectivity index (χ2v) is 8.49. The molecule has 1 fully saturated rings. The topological polar surface area (TPSA) is 103 Å². The molecule has 1 aliphatic rings. The smallest absolute Gasteiger partial charge is 0.251 e. The number of halogens is 1. The van der Waals surface area contributed by atoms with Gasteiger partial charge in [0.15, 0.2) is 0 Å². The van der Waals surface area contributed by atoms with Gasteiger partial charge < -0.3 is 19.5 Å². The largest absolute Gasteiger partial charge is 0.382 e. The van der Waals surface area contributed by atoms with Gasteiger partial charge in [0, 0.05) is 39.0 Å². The van der Waals surface area contributed by atoms with Gasteiger partial charge in [0.2, 0.25) is 10.0 Å². The highest BCUT2D eigenvalue weighted by Gasteiger charge is 2.23. The summed E-state index contributed by atoms with van der Waals surface area (Å²) in [6.45, 7) is 2.75. The van der Waals surface area contributed by atoms with E-state index in [-0.39, 0.29) is 34.0 Å². The number of hydrogen-bond acceptors (Lipinski definition) is 6. The zero-order valence-corrected chi connectivity index (χ0v) is 17.5. The minimum Gasteiger partial charge on any atom is -0.382 e. The van der Waals surface area contributed by atoms with Crippen molar-refractivity contribution in [3.8, 4) is 0 Å². The van der Waals surface area contributed by atoms with E-state index < -0.39 is 10.0 Å². The van der Waals surface area contributed by atoms with Crippen LogP contribution in [0.15, 0.2) is 23.1 Å². The van der Waals surface area contributed by atoms with Crippen molar-refractivity contribution in [3.63, 3.8) is 0 Å². The summed E-state index contributed by atoms with van der Waals surface area (Å²) in [4.78, 5) is 12.2. The minimum atomic E-state index is -3.85. The molecule has 0 aliphatic carbocycles. The van der Waals surface area contributed by atoms with Gasteiger partial charge in [0.25, 0.3) is 5.91 Å². The monoisotopic (exact) mass is 434 g/mol. The Bertz CT molecular complexity index is 738. The van der Waals surface area contributed by atoms with Crippen LogP contribution < -0.4 is 10.0 Å². The number of ether oxygens (including phenoxy) is 3. The Morgan fingerprint density at radius 1 is 1.32 bits per heavy atom. The molecular formula is C18H27ClN2O6S. The zero-order valence-electron chi connectivity index (χ0n) is 15.9. The highest BCUT2D eigenvalue weighted by molar-refractivity contribution is 7.89. The summed E-state index contributed by atoms with van der Waals surface area (Å²) in [7, 11) is -2.25. The molecule has 2 rings (SSSR count). The van der Waals surface area contributed by atoms with Crippen LogP contribution in [-0.2, 0) is 24.2 Å². The second-order valence-electron chi connectivity index (χ2n) is 6.35. The molecule has 0 spiro atoms. The highest BCUT2D eigenvalue weighted by Crippen LogP contribution is 2.23. The van der Waals surface area contributed by atoms with Crippen molar-refractivity contribution in [3.05, 3.63) is 28.8 Å². The van der Waals surface area contributed by atoms with Crippen LogP contribution in [0.4, 0.5) is 0 Å². The number of amides is 1. The van der Waals surface area contributed by atoms with E-state index in [1.807, 2.05) is 0 Å². The number of benzene rings is 1. The van der Waals surface area contributed by atoms with E-state index in [1.54, 1.807) is 7.11 Å². The summed E-state index contributed by atoms with van der Waals surface area (Å²) < 4.78 is 43.2. The maximum absolute atomic E-state index is 12.6. The summed E-state index contributed by atoms with van der Waals surface area (Å²) in [6, 6.07) is 4.18. The molecule has 0 saturated carbocycles. The maximum atomic E-state index is 12.6. The normalized spacial score (nSPS) is 17.0. The molecule has 158 valence electrons. The molecule has 0 aromatic heterocycles. The lowest BCUT2D eigenvalue weighted by Crippen LogP contribution is -2.32. The van der Waals surface area contributed by atoms with Crippen LogP contribution in [0.2, 0.25) is 5.02 Å². The maximum Gasteiger partial charge on any atom is 0.251 e. The zero-order chi connectivity index (χ0) is 20.4. The lowest BCUT2D eigenvalue weighted by molar-refractivity contribution is 0.0688. The molecular weight excluding hydrogens is 408 g/mol. The van der Waals surface area contributed by atoms with Crippen molar-refractivity contribution in [2.75, 3.05) is 46.6 Å². The van der Waals surface area contributed by atoms with Crippen LogP contribution in [0.25, 0.3) is 0 Å². The SMILES string of the molecule is COCCOCCCNC(=O)c1ccc(Cl)c(S(=O)(=O)NCC2CCCO2)c1. The fourth-order valence-electron chi connectivity index (χ4n) is 2.66. The Morgan fingerprint density at radius 2 is 2.14 bits per heavy atom. The third-order valence-electron chi connectivity index (χ3n) is 4.19. The Labute approximate surface area is 170 Å². The number of methoxy groups -OCH3 is 1. The van der Waals surface area contributed by atoms with Crippen LogP contribution >= 0.6 is 11.6 Å². The standard InChI is InChI=1S/C18H27ClN2O6S/c1-25-10-11-26-8-3-7-20-18(22)14-5-6-16(19)17(12-14)28(23,24)21-13-15-4-2-9-27-15/h5-6,12,15,21H,2-4,7-11,13H2,1H3,(H,20,22). The van der Waals surface area contributed by atoms with E-state index in [1.165, 1.54) is 18.2 Å². The highest BCUT2D eigenvalue weighted by atomic mass is 35.5. The van der Waals surface area contributed by atoms with Gasteiger partial charge in [-0.05, 0) is 37.5 Å². The summed E-state index contributed by atoms with van der Waals surface area (Å²) >= 11 is 6.06. The third-order valence-corrected chi connectivity index (χ3v) is 6.10. The molecule has 10 heteroatoms. The predicted molar refractivity (Wildman–Crippen MR) is 105 cm³/mol. The molecule has 1 aromatic carbocycles. The second kappa shape index (κ2) is 11.7. The average Bonchev–Trinajstić information content (AvgIpc) is 3.19. The first kappa shape index (κ1) is 23.1. The van der Waals surface area contributed by atoms with Crippen LogP contribution in [0.3, 0.4) is 0 Å². The van der Waals surface area contributed by atoms with Gasteiger partial charge in [0.1, 0.15) is 4.90 Å². The molecule has 2 N–H and O–H groups in total. The molecule has 0 bridgehead atoms. The average molecular weight is 435 g/mol. The van der Waals surface area contributed by atoms with Crippen LogP contribution in [0.5, 0.6) is 0 Å². The Kier molecular flexibility index (Phi) is 9.63. The third kappa shape index (κ3) is 7.31. The van der Waals surface area contributed by atoms with Crippen molar-refractivity contribution < 1.29 is 27.4 Å². The number of rotatable bonds is 12. The van der Waals surface area contributed by atoms with Crippen molar-refractivity contribution >= 4 is 27.5 Å². The first-order chi connectivity index (χ1) is 13.4. The Balaban J connectivity index is 1.89. The molecule has 1 unspecified atom stereocenters. The van der Waals surface area contributed by atoms with E-state index >= 15 is 0 Å². The molecule has 8 nitrogen and oxygen atoms in total. The Morgan fingerprint density at radius 3 is 2.86 bits per heavy atom. The van der Waals surface area contributed by atoms with Gasteiger partial charge in [0.05, 0.1) is 24.3 Å². The molecule has 0 radical (unpaired) electrons. The van der Waals surface area contributed by atoms with E-state index in [9.17, 15) is 13.2 Å². The lowest BCUT2D eigenvalue weighted by Gasteiger charge is -2.13. The molecule has 1 heterocycles. The lowest BCUT2D eigenvalue weighted by atomic mass is 10.2. The van der Waals surface area contributed by atoms with Crippen molar-refractivity contribution in [1.82, 2.24) is 10.0 Å². The van der Waals surface area contributed by atoms with E-state index in [2.05, 4.69) is 10.0 Å². The van der Waals surface area contributed by atoms with E-state index in [0.29, 0.717) is 39.4 Å². The van der Waals surface area contributed by atoms with Crippen molar-refractivity contribution in [1.29, 1.82) is 0 Å². The first-order valence-corrected chi connectivity index (χ1v) is 11.1. The van der Waals surface area contributed by atoms with E-state index in [0.717, 1.165) is 12.8 Å². The van der Waals surface area contributed by atoms with Gasteiger partial charge in [-0.15, -0.1) is 0 Å². The molecule has 28 heavy (non-hydrogen) atoms. The van der Waals surface area contributed by atoms with Gasteiger partial charge in [-0.2, -0.15) is 0 Å². The number of sulfonamides is 1. The van der Waals surface area contributed by atoms with Gasteiger partial charge in [-0.3, -0.25) is 4.79 Å². The molecule has 1 amide bonds. The summed E-state index contributed by atoms with van der Waals surface area (Å²) in [5.74, 6) is -0.371. The first-order valence-electron chi connectivity index (χ1n) is 9.19. The van der Waals surface area contributed by atoms with Crippen LogP contribution in [0.1, 0.15) is 29.6 Å². The van der Waals surface area contributed by atoms with Crippen molar-refractivity contribution in [2.45, 2.75) is 30.3 Å². The fraction of sp³-hybridized carbons (Fsp3) is 0.611. The number of nitrogens with one attached hydrogen (secondary N) is 2. The van der Waals surface area contributed by atoms with Crippen LogP contribution in [0, 0.1) is 0 Å². The molecule has 1 saturated heterocycles. The van der Waals surface area contributed by atoms with Gasteiger partial charge in [-0.1, -0.05) is 11.6 Å². The summed E-state index contributed by atoms with van der Waals surface area (Å²) in [5, 5.41) is 2.79. The molecule has 1 aliphatic heterocycles. The number of carbonyl (C=O) groups is 1.